The normalized spacial score (nSPS) is 12.3. The van der Waals surface area contributed by atoms with Crippen molar-refractivity contribution >= 4 is 11.8 Å². The highest BCUT2D eigenvalue weighted by Gasteiger charge is 2.35. The Balaban J connectivity index is 2.23. The van der Waals surface area contributed by atoms with Crippen molar-refractivity contribution < 1.29 is 27.5 Å². The van der Waals surface area contributed by atoms with E-state index in [-0.39, 0.29) is 6.42 Å². The lowest BCUT2D eigenvalue weighted by Gasteiger charge is -2.18. The van der Waals surface area contributed by atoms with Gasteiger partial charge in [0.25, 0.3) is 5.91 Å². The van der Waals surface area contributed by atoms with Crippen LogP contribution in [0.1, 0.15) is 21.5 Å². The zero-order chi connectivity index (χ0) is 19.3. The van der Waals surface area contributed by atoms with Gasteiger partial charge in [-0.1, -0.05) is 24.3 Å². The van der Waals surface area contributed by atoms with Gasteiger partial charge >= 0.3 is 6.18 Å². The fourth-order valence-corrected chi connectivity index (χ4v) is 2.42. The van der Waals surface area contributed by atoms with E-state index in [2.05, 4.69) is 5.32 Å². The van der Waals surface area contributed by atoms with Crippen molar-refractivity contribution in [1.82, 2.24) is 5.32 Å². The highest BCUT2D eigenvalue weighted by atomic mass is 19.4. The molecule has 2 rings (SSSR count). The number of amides is 2. The van der Waals surface area contributed by atoms with Gasteiger partial charge in [0.15, 0.2) is 0 Å². The molecular weight excluding hydrogens is 349 g/mol. The van der Waals surface area contributed by atoms with Crippen LogP contribution in [0.25, 0.3) is 0 Å². The first-order valence-electron chi connectivity index (χ1n) is 7.61. The third-order valence-corrected chi connectivity index (χ3v) is 3.70. The molecule has 0 fully saturated rings. The molecule has 0 radical (unpaired) electrons. The zero-order valence-corrected chi connectivity index (χ0v) is 13.8. The number of halogens is 3. The molecule has 1 atom stereocenters. The van der Waals surface area contributed by atoms with Gasteiger partial charge in [0, 0.05) is 6.42 Å². The van der Waals surface area contributed by atoms with E-state index < -0.39 is 35.2 Å². The molecular formula is C18H17F3N2O3. The Kier molecular flexibility index (Phi) is 5.86. The number of hydrogen-bond acceptors (Lipinski definition) is 3. The number of benzene rings is 2. The van der Waals surface area contributed by atoms with Crippen LogP contribution in [0, 0.1) is 0 Å². The Bertz CT molecular complexity index is 806. The third-order valence-electron chi connectivity index (χ3n) is 3.70. The van der Waals surface area contributed by atoms with Crippen LogP contribution in [0.4, 0.5) is 13.2 Å². The summed E-state index contributed by atoms with van der Waals surface area (Å²) in [7, 11) is 1.47. The first-order valence-corrected chi connectivity index (χ1v) is 7.61. The van der Waals surface area contributed by atoms with Gasteiger partial charge in [-0.25, -0.2) is 0 Å². The van der Waals surface area contributed by atoms with Gasteiger partial charge in [0.2, 0.25) is 5.91 Å². The summed E-state index contributed by atoms with van der Waals surface area (Å²) in [5.41, 5.74) is 4.28. The molecule has 26 heavy (non-hydrogen) atoms. The lowest BCUT2D eigenvalue weighted by Crippen LogP contribution is -2.46. The maximum absolute atomic E-state index is 13.0. The number of rotatable bonds is 6. The van der Waals surface area contributed by atoms with Gasteiger partial charge in [-0.05, 0) is 29.8 Å². The molecule has 0 aliphatic carbocycles. The molecule has 0 aliphatic rings. The highest BCUT2D eigenvalue weighted by Crippen LogP contribution is 2.31. The lowest BCUT2D eigenvalue weighted by atomic mass is 10.0. The van der Waals surface area contributed by atoms with Crippen LogP contribution < -0.4 is 15.8 Å². The van der Waals surface area contributed by atoms with Gasteiger partial charge in [-0.2, -0.15) is 13.2 Å². The zero-order valence-electron chi connectivity index (χ0n) is 13.8. The van der Waals surface area contributed by atoms with E-state index >= 15 is 0 Å². The molecule has 0 unspecified atom stereocenters. The third kappa shape index (κ3) is 4.75. The Morgan fingerprint density at radius 1 is 1.15 bits per heavy atom. The Morgan fingerprint density at radius 2 is 1.85 bits per heavy atom. The molecule has 0 heterocycles. The predicted molar refractivity (Wildman–Crippen MR) is 88.6 cm³/mol. The van der Waals surface area contributed by atoms with Gasteiger partial charge < -0.3 is 15.8 Å². The molecule has 5 nitrogen and oxygen atoms in total. The molecule has 0 aromatic heterocycles. The van der Waals surface area contributed by atoms with Crippen LogP contribution >= 0.6 is 0 Å². The average molecular weight is 366 g/mol. The fraction of sp³-hybridized carbons (Fsp3) is 0.222. The number of carbonyl (C=O) groups is 2. The summed E-state index contributed by atoms with van der Waals surface area (Å²) in [6.45, 7) is 0. The summed E-state index contributed by atoms with van der Waals surface area (Å²) in [4.78, 5) is 24.0. The molecule has 0 saturated carbocycles. The van der Waals surface area contributed by atoms with E-state index in [0.29, 0.717) is 11.3 Å². The lowest BCUT2D eigenvalue weighted by molar-refractivity contribution is -0.137. The number of methoxy groups -OCH3 is 1. The largest absolute Gasteiger partial charge is 0.497 e. The molecule has 2 amide bonds. The van der Waals surface area contributed by atoms with Crippen LogP contribution in [0.15, 0.2) is 48.5 Å². The van der Waals surface area contributed by atoms with Crippen LogP contribution in [0.5, 0.6) is 5.75 Å². The summed E-state index contributed by atoms with van der Waals surface area (Å²) in [5, 5.41) is 2.28. The second-order valence-electron chi connectivity index (χ2n) is 5.53. The van der Waals surface area contributed by atoms with Gasteiger partial charge in [0.05, 0.1) is 18.2 Å². The van der Waals surface area contributed by atoms with Gasteiger partial charge in [-0.3, -0.25) is 9.59 Å². The van der Waals surface area contributed by atoms with Crippen molar-refractivity contribution in [2.75, 3.05) is 7.11 Å². The van der Waals surface area contributed by atoms with Gasteiger partial charge in [-0.15, -0.1) is 0 Å². The smallest absolute Gasteiger partial charge is 0.417 e. The van der Waals surface area contributed by atoms with Crippen LogP contribution in [-0.2, 0) is 17.4 Å². The summed E-state index contributed by atoms with van der Waals surface area (Å²) in [6.07, 6.45) is -4.67. The molecule has 0 aliphatic heterocycles. The first kappa shape index (κ1) is 19.3. The summed E-state index contributed by atoms with van der Waals surface area (Å²) < 4.78 is 44.2. The second kappa shape index (κ2) is 7.90. The number of ether oxygens (including phenoxy) is 1. The predicted octanol–water partition coefficient (Wildman–Crippen LogP) is 2.54. The Labute approximate surface area is 148 Å². The second-order valence-corrected chi connectivity index (χ2v) is 5.53. The molecule has 2 aromatic rings. The number of carbonyl (C=O) groups excluding carboxylic acids is 2. The summed E-state index contributed by atoms with van der Waals surface area (Å²) >= 11 is 0. The molecule has 2 aromatic carbocycles. The van der Waals surface area contributed by atoms with Crippen LogP contribution in [-0.4, -0.2) is 25.0 Å². The number of hydrogen-bond donors (Lipinski definition) is 2. The van der Waals surface area contributed by atoms with Crippen molar-refractivity contribution in [2.45, 2.75) is 18.6 Å². The molecule has 3 N–H and O–H groups in total. The maximum atomic E-state index is 13.0. The number of nitrogens with two attached hydrogens (primary N) is 1. The molecule has 8 heteroatoms. The maximum Gasteiger partial charge on any atom is 0.417 e. The number of nitrogens with one attached hydrogen (secondary N) is 1. The minimum Gasteiger partial charge on any atom is -0.497 e. The average Bonchev–Trinajstić information content (AvgIpc) is 2.60. The number of primary amides is 1. The van der Waals surface area contributed by atoms with E-state index in [1.165, 1.54) is 19.2 Å². The van der Waals surface area contributed by atoms with Crippen molar-refractivity contribution in [2.24, 2.45) is 5.73 Å². The summed E-state index contributed by atoms with van der Waals surface area (Å²) in [6, 6.07) is 9.88. The molecule has 0 bridgehead atoms. The molecule has 0 spiro atoms. The Morgan fingerprint density at radius 3 is 2.46 bits per heavy atom. The van der Waals surface area contributed by atoms with Crippen molar-refractivity contribution in [3.63, 3.8) is 0 Å². The minimum absolute atomic E-state index is 0.0203. The molecule has 138 valence electrons. The van der Waals surface area contributed by atoms with Crippen molar-refractivity contribution in [1.29, 1.82) is 0 Å². The standard InChI is InChI=1S/C18H17F3N2O3/c1-26-12-6-4-5-11(9-12)10-15(16(22)24)23-17(25)13-7-2-3-8-14(13)18(19,20)21/h2-9,15H,10H2,1H3,(H2,22,24)(H,23,25)/t15-/m0/s1. The van der Waals surface area contributed by atoms with Gasteiger partial charge in [0.1, 0.15) is 11.8 Å². The minimum atomic E-state index is -4.69. The Hall–Kier alpha value is -3.03. The topological polar surface area (TPSA) is 81.4 Å². The monoisotopic (exact) mass is 366 g/mol. The molecule has 0 saturated heterocycles. The van der Waals surface area contributed by atoms with E-state index in [1.54, 1.807) is 24.3 Å². The van der Waals surface area contributed by atoms with E-state index in [0.717, 1.165) is 12.1 Å². The van der Waals surface area contributed by atoms with E-state index in [1.807, 2.05) is 0 Å². The fourth-order valence-electron chi connectivity index (χ4n) is 2.42. The van der Waals surface area contributed by atoms with Crippen LogP contribution in [0.2, 0.25) is 0 Å². The number of alkyl halides is 3. The first-order chi connectivity index (χ1) is 12.2. The quantitative estimate of drug-likeness (QED) is 0.824. The van der Waals surface area contributed by atoms with Crippen molar-refractivity contribution in [3.8, 4) is 5.75 Å². The summed E-state index contributed by atoms with van der Waals surface area (Å²) in [5.74, 6) is -1.34. The highest BCUT2D eigenvalue weighted by molar-refractivity contribution is 5.98. The van der Waals surface area contributed by atoms with Crippen molar-refractivity contribution in [3.05, 3.63) is 65.2 Å². The van der Waals surface area contributed by atoms with E-state index in [4.69, 9.17) is 10.5 Å². The van der Waals surface area contributed by atoms with Crippen LogP contribution in [0.3, 0.4) is 0 Å². The van der Waals surface area contributed by atoms with E-state index in [9.17, 15) is 22.8 Å². The SMILES string of the molecule is COc1cccc(C[C@H](NC(=O)c2ccccc2C(F)(F)F)C(N)=O)c1.